The number of amides is 1. The Morgan fingerprint density at radius 2 is 2.44 bits per heavy atom. The van der Waals surface area contributed by atoms with E-state index in [1.54, 1.807) is 12.4 Å². The average Bonchev–Trinajstić information content (AvgIpc) is 2.34. The molecule has 1 aromatic rings. The van der Waals surface area contributed by atoms with E-state index in [0.717, 1.165) is 5.03 Å². The SMILES string of the molecule is C#CCNC(=O)CNc1cncc(SC)n1. The molecular formula is C10H12N4OS. The summed E-state index contributed by atoms with van der Waals surface area (Å²) in [4.78, 5) is 19.4. The predicted octanol–water partition coefficient (Wildman–Crippen LogP) is 0.360. The number of rotatable bonds is 5. The van der Waals surface area contributed by atoms with Crippen LogP contribution < -0.4 is 10.6 Å². The van der Waals surface area contributed by atoms with Gasteiger partial charge in [0.05, 0.1) is 25.5 Å². The molecule has 0 aliphatic rings. The number of carbonyl (C=O) groups excluding carboxylic acids is 1. The van der Waals surface area contributed by atoms with Crippen LogP contribution in [0.3, 0.4) is 0 Å². The summed E-state index contributed by atoms with van der Waals surface area (Å²) < 4.78 is 0. The lowest BCUT2D eigenvalue weighted by Crippen LogP contribution is -2.30. The summed E-state index contributed by atoms with van der Waals surface area (Å²) in [6.45, 7) is 0.366. The minimum atomic E-state index is -0.172. The van der Waals surface area contributed by atoms with Crippen LogP contribution in [0.4, 0.5) is 5.82 Å². The fourth-order valence-corrected chi connectivity index (χ4v) is 1.27. The second kappa shape index (κ2) is 6.69. The molecule has 0 saturated heterocycles. The number of nitrogens with one attached hydrogen (secondary N) is 2. The largest absolute Gasteiger partial charge is 0.360 e. The van der Waals surface area contributed by atoms with Gasteiger partial charge in [0.1, 0.15) is 10.8 Å². The van der Waals surface area contributed by atoms with Gasteiger partial charge in [-0.05, 0) is 6.26 Å². The van der Waals surface area contributed by atoms with E-state index >= 15 is 0 Å². The molecule has 0 saturated carbocycles. The van der Waals surface area contributed by atoms with Crippen molar-refractivity contribution in [1.82, 2.24) is 15.3 Å². The summed E-state index contributed by atoms with van der Waals surface area (Å²) in [5.41, 5.74) is 0. The van der Waals surface area contributed by atoms with Gasteiger partial charge in [0.2, 0.25) is 5.91 Å². The molecule has 0 atom stereocenters. The lowest BCUT2D eigenvalue weighted by Gasteiger charge is -2.05. The van der Waals surface area contributed by atoms with Gasteiger partial charge in [-0.1, -0.05) is 5.92 Å². The molecule has 1 heterocycles. The van der Waals surface area contributed by atoms with Gasteiger partial charge >= 0.3 is 0 Å². The maximum absolute atomic E-state index is 11.2. The number of thioether (sulfide) groups is 1. The molecule has 0 fully saturated rings. The Hall–Kier alpha value is -1.74. The molecule has 1 aromatic heterocycles. The average molecular weight is 236 g/mol. The summed E-state index contributed by atoms with van der Waals surface area (Å²) in [6, 6.07) is 0. The first kappa shape index (κ1) is 12.3. The Labute approximate surface area is 98.4 Å². The lowest BCUT2D eigenvalue weighted by molar-refractivity contribution is -0.119. The van der Waals surface area contributed by atoms with E-state index in [1.165, 1.54) is 11.8 Å². The summed E-state index contributed by atoms with van der Waals surface area (Å²) in [6.07, 6.45) is 10.1. The molecule has 0 radical (unpaired) electrons. The molecule has 0 aliphatic carbocycles. The third-order valence-electron chi connectivity index (χ3n) is 1.64. The zero-order valence-electron chi connectivity index (χ0n) is 8.86. The molecule has 0 unspecified atom stereocenters. The lowest BCUT2D eigenvalue weighted by atomic mass is 10.5. The molecule has 0 aromatic carbocycles. The van der Waals surface area contributed by atoms with Crippen LogP contribution in [0.2, 0.25) is 0 Å². The van der Waals surface area contributed by atoms with Crippen molar-refractivity contribution in [2.24, 2.45) is 0 Å². The molecule has 0 bridgehead atoms. The van der Waals surface area contributed by atoms with E-state index in [-0.39, 0.29) is 19.0 Å². The van der Waals surface area contributed by atoms with Crippen LogP contribution in [0.5, 0.6) is 0 Å². The van der Waals surface area contributed by atoms with Crippen molar-refractivity contribution in [2.45, 2.75) is 5.03 Å². The van der Waals surface area contributed by atoms with Gasteiger partial charge < -0.3 is 10.6 Å². The zero-order valence-corrected chi connectivity index (χ0v) is 9.67. The molecule has 1 amide bonds. The first-order valence-electron chi connectivity index (χ1n) is 4.56. The van der Waals surface area contributed by atoms with Crippen molar-refractivity contribution < 1.29 is 4.79 Å². The highest BCUT2D eigenvalue weighted by Gasteiger charge is 2.01. The van der Waals surface area contributed by atoms with Gasteiger partial charge in [0.15, 0.2) is 0 Å². The number of hydrogen-bond donors (Lipinski definition) is 2. The number of anilines is 1. The van der Waals surface area contributed by atoms with Crippen LogP contribution in [0.1, 0.15) is 0 Å². The van der Waals surface area contributed by atoms with E-state index in [4.69, 9.17) is 6.42 Å². The van der Waals surface area contributed by atoms with Crippen LogP contribution in [0.25, 0.3) is 0 Å². The normalized spacial score (nSPS) is 9.25. The van der Waals surface area contributed by atoms with Crippen molar-refractivity contribution in [3.8, 4) is 12.3 Å². The van der Waals surface area contributed by atoms with Crippen LogP contribution in [-0.4, -0.2) is 35.2 Å². The maximum Gasteiger partial charge on any atom is 0.240 e. The Morgan fingerprint density at radius 1 is 1.62 bits per heavy atom. The van der Waals surface area contributed by atoms with Gasteiger partial charge in [-0.2, -0.15) is 0 Å². The van der Waals surface area contributed by atoms with E-state index < -0.39 is 0 Å². The Morgan fingerprint density at radius 3 is 3.12 bits per heavy atom. The molecule has 6 heteroatoms. The second-order valence-electron chi connectivity index (χ2n) is 2.78. The first-order valence-corrected chi connectivity index (χ1v) is 5.79. The monoisotopic (exact) mass is 236 g/mol. The first-order chi connectivity index (χ1) is 7.76. The van der Waals surface area contributed by atoms with E-state index in [2.05, 4.69) is 26.5 Å². The summed E-state index contributed by atoms with van der Waals surface area (Å²) in [5.74, 6) is 2.72. The molecule has 0 aliphatic heterocycles. The van der Waals surface area contributed by atoms with Crippen molar-refractivity contribution >= 4 is 23.5 Å². The van der Waals surface area contributed by atoms with Crippen LogP contribution in [0, 0.1) is 12.3 Å². The van der Waals surface area contributed by atoms with Gasteiger partial charge in [0, 0.05) is 0 Å². The highest BCUT2D eigenvalue weighted by atomic mass is 32.2. The topological polar surface area (TPSA) is 66.9 Å². The number of hydrogen-bond acceptors (Lipinski definition) is 5. The van der Waals surface area contributed by atoms with Gasteiger partial charge in [-0.25, -0.2) is 4.98 Å². The Balaban J connectivity index is 2.42. The molecule has 84 valence electrons. The summed E-state index contributed by atoms with van der Waals surface area (Å²) in [5, 5.41) is 6.20. The van der Waals surface area contributed by atoms with Crippen molar-refractivity contribution in [3.63, 3.8) is 0 Å². The van der Waals surface area contributed by atoms with E-state index in [1.807, 2.05) is 6.26 Å². The second-order valence-corrected chi connectivity index (χ2v) is 3.61. The van der Waals surface area contributed by atoms with Crippen LogP contribution >= 0.6 is 11.8 Å². The molecule has 16 heavy (non-hydrogen) atoms. The van der Waals surface area contributed by atoms with Gasteiger partial charge in [-0.15, -0.1) is 18.2 Å². The summed E-state index contributed by atoms with van der Waals surface area (Å²) >= 11 is 1.49. The minimum absolute atomic E-state index is 0.133. The molecule has 1 rings (SSSR count). The Bertz CT molecular complexity index is 402. The van der Waals surface area contributed by atoms with Crippen molar-refractivity contribution in [1.29, 1.82) is 0 Å². The smallest absolute Gasteiger partial charge is 0.240 e. The third-order valence-corrected chi connectivity index (χ3v) is 2.25. The fraction of sp³-hybridized carbons (Fsp3) is 0.300. The maximum atomic E-state index is 11.2. The molecule has 2 N–H and O–H groups in total. The zero-order chi connectivity index (χ0) is 11.8. The van der Waals surface area contributed by atoms with E-state index in [9.17, 15) is 4.79 Å². The van der Waals surface area contributed by atoms with Crippen LogP contribution in [-0.2, 0) is 4.79 Å². The predicted molar refractivity (Wildman–Crippen MR) is 64.1 cm³/mol. The molecule has 0 spiro atoms. The van der Waals surface area contributed by atoms with Gasteiger partial charge in [0.25, 0.3) is 0 Å². The number of terminal acetylenes is 1. The minimum Gasteiger partial charge on any atom is -0.360 e. The van der Waals surface area contributed by atoms with Gasteiger partial charge in [-0.3, -0.25) is 9.78 Å². The van der Waals surface area contributed by atoms with Crippen LogP contribution in [0.15, 0.2) is 17.4 Å². The number of aromatic nitrogens is 2. The molecular weight excluding hydrogens is 224 g/mol. The highest BCUT2D eigenvalue weighted by molar-refractivity contribution is 7.98. The fourth-order valence-electron chi connectivity index (χ4n) is 0.915. The Kier molecular flexibility index (Phi) is 5.16. The van der Waals surface area contributed by atoms with Crippen molar-refractivity contribution in [3.05, 3.63) is 12.4 Å². The standard InChI is InChI=1S/C10H12N4OS/c1-3-4-12-9(15)6-13-8-5-11-7-10(14-8)16-2/h1,5,7H,4,6H2,2H3,(H,12,15)(H,13,14). The highest BCUT2D eigenvalue weighted by Crippen LogP contribution is 2.11. The molecule has 5 nitrogen and oxygen atoms in total. The number of nitrogens with zero attached hydrogens (tertiary/aromatic N) is 2. The number of carbonyl (C=O) groups is 1. The van der Waals surface area contributed by atoms with Crippen molar-refractivity contribution in [2.75, 3.05) is 24.7 Å². The third kappa shape index (κ3) is 4.19. The summed E-state index contributed by atoms with van der Waals surface area (Å²) in [7, 11) is 0. The quantitative estimate of drug-likeness (QED) is 0.571. The van der Waals surface area contributed by atoms with E-state index in [0.29, 0.717) is 5.82 Å².